The standard InChI is InChI=1S/C11H20FNO3/c1-11(2,3)16-10(15)13-9-5-4-7(14)6-8(9)12/h7-9,14H,4-6H2,1-3H3,(H,13,15)/t7-,8+,9+/m1/s1. The number of alkyl carbamates (subject to hydrolysis) is 1. The average molecular weight is 233 g/mol. The molecule has 1 aliphatic rings. The number of alkyl halides is 1. The zero-order chi connectivity index (χ0) is 12.3. The first-order chi connectivity index (χ1) is 7.28. The van der Waals surface area contributed by atoms with E-state index in [1.165, 1.54) is 0 Å². The monoisotopic (exact) mass is 233 g/mol. The number of amides is 1. The number of ether oxygens (including phenoxy) is 1. The highest BCUT2D eigenvalue weighted by Crippen LogP contribution is 2.22. The predicted molar refractivity (Wildman–Crippen MR) is 57.9 cm³/mol. The molecule has 0 aliphatic heterocycles. The number of carbonyl (C=O) groups excluding carboxylic acids is 1. The summed E-state index contributed by atoms with van der Waals surface area (Å²) < 4.78 is 18.5. The minimum Gasteiger partial charge on any atom is -0.444 e. The van der Waals surface area contributed by atoms with E-state index in [0.29, 0.717) is 12.8 Å². The molecule has 0 aromatic rings. The highest BCUT2D eigenvalue weighted by molar-refractivity contribution is 5.68. The fraction of sp³-hybridized carbons (Fsp3) is 0.909. The van der Waals surface area contributed by atoms with Crippen LogP contribution in [0.1, 0.15) is 40.0 Å². The quantitative estimate of drug-likeness (QED) is 0.725. The van der Waals surface area contributed by atoms with Gasteiger partial charge in [0.05, 0.1) is 12.1 Å². The van der Waals surface area contributed by atoms with E-state index in [1.807, 2.05) is 0 Å². The van der Waals surface area contributed by atoms with Crippen LogP contribution in [0.4, 0.5) is 9.18 Å². The van der Waals surface area contributed by atoms with Crippen molar-refractivity contribution in [2.75, 3.05) is 0 Å². The van der Waals surface area contributed by atoms with Gasteiger partial charge in [0.2, 0.25) is 0 Å². The topological polar surface area (TPSA) is 58.6 Å². The molecule has 3 atom stereocenters. The van der Waals surface area contributed by atoms with Crippen molar-refractivity contribution in [3.8, 4) is 0 Å². The Morgan fingerprint density at radius 1 is 1.44 bits per heavy atom. The lowest BCUT2D eigenvalue weighted by molar-refractivity contribution is 0.0325. The number of halogens is 1. The predicted octanol–water partition coefficient (Wildman–Crippen LogP) is 1.76. The first-order valence-electron chi connectivity index (χ1n) is 5.59. The third-order valence-corrected chi connectivity index (χ3v) is 2.45. The fourth-order valence-electron chi connectivity index (χ4n) is 1.72. The van der Waals surface area contributed by atoms with E-state index in [1.54, 1.807) is 20.8 Å². The second kappa shape index (κ2) is 4.99. The van der Waals surface area contributed by atoms with E-state index >= 15 is 0 Å². The summed E-state index contributed by atoms with van der Waals surface area (Å²) in [6.07, 6.45) is -1.34. The molecular formula is C11H20FNO3. The molecule has 0 unspecified atom stereocenters. The maximum Gasteiger partial charge on any atom is 0.407 e. The van der Waals surface area contributed by atoms with Gasteiger partial charge in [0.1, 0.15) is 11.8 Å². The minimum atomic E-state index is -1.20. The van der Waals surface area contributed by atoms with Crippen molar-refractivity contribution in [1.82, 2.24) is 5.32 Å². The van der Waals surface area contributed by atoms with Gasteiger partial charge >= 0.3 is 6.09 Å². The van der Waals surface area contributed by atoms with Crippen molar-refractivity contribution in [2.24, 2.45) is 0 Å². The number of hydrogen-bond acceptors (Lipinski definition) is 3. The molecule has 0 bridgehead atoms. The maximum atomic E-state index is 13.5. The molecule has 0 spiro atoms. The molecule has 1 aliphatic carbocycles. The maximum absolute atomic E-state index is 13.5. The molecule has 94 valence electrons. The minimum absolute atomic E-state index is 0.0838. The van der Waals surface area contributed by atoms with Crippen LogP contribution in [0.5, 0.6) is 0 Å². The van der Waals surface area contributed by atoms with E-state index in [2.05, 4.69) is 5.32 Å². The summed E-state index contributed by atoms with van der Waals surface area (Å²) in [5, 5.41) is 11.7. The lowest BCUT2D eigenvalue weighted by Gasteiger charge is -2.30. The molecule has 0 aromatic heterocycles. The molecule has 16 heavy (non-hydrogen) atoms. The summed E-state index contributed by atoms with van der Waals surface area (Å²) in [5.41, 5.74) is -0.579. The molecule has 1 saturated carbocycles. The van der Waals surface area contributed by atoms with Crippen molar-refractivity contribution in [1.29, 1.82) is 0 Å². The molecule has 1 amide bonds. The van der Waals surface area contributed by atoms with Crippen molar-refractivity contribution in [3.05, 3.63) is 0 Å². The van der Waals surface area contributed by atoms with Gasteiger partial charge in [0.25, 0.3) is 0 Å². The molecule has 0 saturated heterocycles. The summed E-state index contributed by atoms with van der Waals surface area (Å²) in [7, 11) is 0. The van der Waals surface area contributed by atoms with E-state index < -0.39 is 30.0 Å². The van der Waals surface area contributed by atoms with Crippen LogP contribution < -0.4 is 5.32 Å². The Labute approximate surface area is 95.2 Å². The summed E-state index contributed by atoms with van der Waals surface area (Å²) in [5.74, 6) is 0. The second-order valence-electron chi connectivity index (χ2n) is 5.24. The Balaban J connectivity index is 2.39. The molecule has 1 rings (SSSR count). The Bertz CT molecular complexity index is 252. The zero-order valence-corrected chi connectivity index (χ0v) is 10.00. The van der Waals surface area contributed by atoms with Crippen molar-refractivity contribution in [3.63, 3.8) is 0 Å². The van der Waals surface area contributed by atoms with Crippen LogP contribution in [-0.4, -0.2) is 35.1 Å². The number of aliphatic hydroxyl groups excluding tert-OH is 1. The normalized spacial score (nSPS) is 30.9. The van der Waals surface area contributed by atoms with Crippen LogP contribution in [0.15, 0.2) is 0 Å². The van der Waals surface area contributed by atoms with Gasteiger partial charge in [0, 0.05) is 6.42 Å². The van der Waals surface area contributed by atoms with Crippen LogP contribution in [-0.2, 0) is 4.74 Å². The van der Waals surface area contributed by atoms with Crippen LogP contribution in [0.2, 0.25) is 0 Å². The van der Waals surface area contributed by atoms with E-state index in [0.717, 1.165) is 0 Å². The lowest BCUT2D eigenvalue weighted by Crippen LogP contribution is -2.47. The van der Waals surface area contributed by atoms with Crippen molar-refractivity contribution in [2.45, 2.75) is 64.0 Å². The first kappa shape index (κ1) is 13.2. The molecule has 0 aromatic carbocycles. The van der Waals surface area contributed by atoms with Crippen LogP contribution in [0, 0.1) is 0 Å². The Morgan fingerprint density at radius 2 is 2.06 bits per heavy atom. The average Bonchev–Trinajstić information content (AvgIpc) is 2.06. The van der Waals surface area contributed by atoms with Gasteiger partial charge in [-0.15, -0.1) is 0 Å². The molecule has 2 N–H and O–H groups in total. The van der Waals surface area contributed by atoms with Crippen LogP contribution in [0.25, 0.3) is 0 Å². The molecule has 5 heteroatoms. The highest BCUT2D eigenvalue weighted by Gasteiger charge is 2.31. The van der Waals surface area contributed by atoms with Crippen molar-refractivity contribution >= 4 is 6.09 Å². The van der Waals surface area contributed by atoms with E-state index in [4.69, 9.17) is 4.74 Å². The van der Waals surface area contributed by atoms with Gasteiger partial charge in [0.15, 0.2) is 0 Å². The summed E-state index contributed by atoms with van der Waals surface area (Å²) >= 11 is 0. The van der Waals surface area contributed by atoms with Crippen molar-refractivity contribution < 1.29 is 19.0 Å². The molecule has 4 nitrogen and oxygen atoms in total. The largest absolute Gasteiger partial charge is 0.444 e. The number of nitrogens with one attached hydrogen (secondary N) is 1. The van der Waals surface area contributed by atoms with Gasteiger partial charge in [-0.2, -0.15) is 0 Å². The van der Waals surface area contributed by atoms with Gasteiger partial charge in [-0.3, -0.25) is 0 Å². The zero-order valence-electron chi connectivity index (χ0n) is 10.00. The van der Waals surface area contributed by atoms with Gasteiger partial charge in [-0.1, -0.05) is 0 Å². The summed E-state index contributed by atoms with van der Waals surface area (Å²) in [6.45, 7) is 5.26. The van der Waals surface area contributed by atoms with Crippen LogP contribution >= 0.6 is 0 Å². The number of carbonyl (C=O) groups is 1. The molecular weight excluding hydrogens is 213 g/mol. The molecule has 0 radical (unpaired) electrons. The SMILES string of the molecule is CC(C)(C)OC(=O)N[C@H]1CC[C@@H](O)C[C@@H]1F. The summed E-state index contributed by atoms with van der Waals surface area (Å²) in [4.78, 5) is 11.4. The molecule has 1 fully saturated rings. The number of rotatable bonds is 1. The van der Waals surface area contributed by atoms with Gasteiger partial charge in [-0.25, -0.2) is 9.18 Å². The Kier molecular flexibility index (Phi) is 4.13. The third kappa shape index (κ3) is 4.35. The number of hydrogen-bond donors (Lipinski definition) is 2. The Morgan fingerprint density at radius 3 is 2.56 bits per heavy atom. The summed E-state index contributed by atoms with van der Waals surface area (Å²) in [6, 6.07) is -0.543. The van der Waals surface area contributed by atoms with E-state index in [-0.39, 0.29) is 6.42 Å². The van der Waals surface area contributed by atoms with Gasteiger partial charge < -0.3 is 15.2 Å². The molecule has 0 heterocycles. The van der Waals surface area contributed by atoms with Crippen LogP contribution in [0.3, 0.4) is 0 Å². The second-order valence-corrected chi connectivity index (χ2v) is 5.24. The number of aliphatic hydroxyl groups is 1. The highest BCUT2D eigenvalue weighted by atomic mass is 19.1. The fourth-order valence-corrected chi connectivity index (χ4v) is 1.72. The first-order valence-corrected chi connectivity index (χ1v) is 5.59. The van der Waals surface area contributed by atoms with E-state index in [9.17, 15) is 14.3 Å². The van der Waals surface area contributed by atoms with Gasteiger partial charge in [-0.05, 0) is 33.6 Å². The Hall–Kier alpha value is -0.840. The lowest BCUT2D eigenvalue weighted by atomic mass is 9.91. The smallest absolute Gasteiger partial charge is 0.407 e. The third-order valence-electron chi connectivity index (χ3n) is 2.45.